The standard InChI is InChI=1S/C15H11F2N3S/c16-10-6-5-9(7-11(10)17)15-19-12-3-1-2-4-13(12)20(15)8-14(18)21/h1-7H,8H2,(H2,18,21). The van der Waals surface area contributed by atoms with Crippen LogP contribution in [-0.2, 0) is 6.54 Å². The quantitative estimate of drug-likeness (QED) is 0.755. The Balaban J connectivity index is 2.25. The lowest BCUT2D eigenvalue weighted by atomic mass is 10.2. The van der Waals surface area contributed by atoms with Crippen molar-refractivity contribution in [3.63, 3.8) is 0 Å². The van der Waals surface area contributed by atoms with E-state index in [0.717, 1.165) is 23.2 Å². The topological polar surface area (TPSA) is 43.8 Å². The average Bonchev–Trinajstić information content (AvgIpc) is 2.80. The van der Waals surface area contributed by atoms with Gasteiger partial charge in [0.1, 0.15) is 5.82 Å². The summed E-state index contributed by atoms with van der Waals surface area (Å²) >= 11 is 4.96. The minimum absolute atomic E-state index is 0.282. The van der Waals surface area contributed by atoms with Crippen LogP contribution >= 0.6 is 12.2 Å². The number of rotatable bonds is 3. The molecule has 0 unspecified atom stereocenters. The summed E-state index contributed by atoms with van der Waals surface area (Å²) in [7, 11) is 0. The number of halogens is 2. The second-order valence-corrected chi connectivity index (χ2v) is 5.13. The number of benzene rings is 2. The molecule has 2 N–H and O–H groups in total. The molecule has 0 radical (unpaired) electrons. The van der Waals surface area contributed by atoms with Crippen LogP contribution in [0.3, 0.4) is 0 Å². The van der Waals surface area contributed by atoms with E-state index in [1.807, 2.05) is 24.3 Å². The maximum Gasteiger partial charge on any atom is 0.159 e. The fraction of sp³-hybridized carbons (Fsp3) is 0.0667. The van der Waals surface area contributed by atoms with Gasteiger partial charge in [-0.15, -0.1) is 0 Å². The summed E-state index contributed by atoms with van der Waals surface area (Å²) in [6.45, 7) is 0.282. The fourth-order valence-electron chi connectivity index (χ4n) is 2.25. The number of nitrogens with two attached hydrogens (primary N) is 1. The van der Waals surface area contributed by atoms with E-state index in [9.17, 15) is 8.78 Å². The summed E-state index contributed by atoms with van der Waals surface area (Å²) in [5.41, 5.74) is 7.68. The Morgan fingerprint density at radius 1 is 1.14 bits per heavy atom. The van der Waals surface area contributed by atoms with E-state index in [4.69, 9.17) is 18.0 Å². The Kier molecular flexibility index (Phi) is 3.39. The molecule has 0 spiro atoms. The van der Waals surface area contributed by atoms with Gasteiger partial charge in [0.15, 0.2) is 11.6 Å². The molecule has 1 aromatic heterocycles. The van der Waals surface area contributed by atoms with Crippen molar-refractivity contribution in [2.24, 2.45) is 5.73 Å². The predicted octanol–water partition coefficient (Wildman–Crippen LogP) is 3.27. The van der Waals surface area contributed by atoms with Crippen LogP contribution in [0.2, 0.25) is 0 Å². The lowest BCUT2D eigenvalue weighted by Crippen LogP contribution is -2.17. The van der Waals surface area contributed by atoms with E-state index in [2.05, 4.69) is 4.98 Å². The zero-order valence-electron chi connectivity index (χ0n) is 10.9. The molecular weight excluding hydrogens is 292 g/mol. The van der Waals surface area contributed by atoms with E-state index >= 15 is 0 Å². The molecule has 0 saturated carbocycles. The number of hydrogen-bond acceptors (Lipinski definition) is 2. The van der Waals surface area contributed by atoms with Gasteiger partial charge >= 0.3 is 0 Å². The van der Waals surface area contributed by atoms with Crippen molar-refractivity contribution in [2.75, 3.05) is 0 Å². The Morgan fingerprint density at radius 3 is 2.62 bits per heavy atom. The Labute approximate surface area is 125 Å². The van der Waals surface area contributed by atoms with Crippen LogP contribution < -0.4 is 5.73 Å². The Bertz CT molecular complexity index is 842. The van der Waals surface area contributed by atoms with E-state index in [1.165, 1.54) is 6.07 Å². The van der Waals surface area contributed by atoms with Crippen LogP contribution in [0.1, 0.15) is 0 Å². The number of para-hydroxylation sites is 2. The van der Waals surface area contributed by atoms with Crippen molar-refractivity contribution in [1.29, 1.82) is 0 Å². The third-order valence-corrected chi connectivity index (χ3v) is 3.28. The number of thiocarbonyl (C=S) groups is 1. The third-order valence-electron chi connectivity index (χ3n) is 3.15. The maximum atomic E-state index is 13.5. The van der Waals surface area contributed by atoms with Crippen molar-refractivity contribution in [3.05, 3.63) is 54.1 Å². The minimum Gasteiger partial charge on any atom is -0.392 e. The van der Waals surface area contributed by atoms with Crippen LogP contribution in [0.5, 0.6) is 0 Å². The zero-order valence-corrected chi connectivity index (χ0v) is 11.7. The number of nitrogens with zero attached hydrogens (tertiary/aromatic N) is 2. The Morgan fingerprint density at radius 2 is 1.90 bits per heavy atom. The summed E-state index contributed by atoms with van der Waals surface area (Å²) in [5.74, 6) is -1.31. The molecule has 21 heavy (non-hydrogen) atoms. The van der Waals surface area contributed by atoms with Gasteiger partial charge in [0.2, 0.25) is 0 Å². The lowest BCUT2D eigenvalue weighted by Gasteiger charge is -2.08. The summed E-state index contributed by atoms with van der Waals surface area (Å²) in [6.07, 6.45) is 0. The van der Waals surface area contributed by atoms with Crippen molar-refractivity contribution in [1.82, 2.24) is 9.55 Å². The first-order chi connectivity index (χ1) is 10.1. The second kappa shape index (κ2) is 5.21. The smallest absolute Gasteiger partial charge is 0.159 e. The van der Waals surface area contributed by atoms with Gasteiger partial charge in [0.05, 0.1) is 22.6 Å². The molecule has 0 bridgehead atoms. The highest BCUT2D eigenvalue weighted by molar-refractivity contribution is 7.80. The monoisotopic (exact) mass is 303 g/mol. The molecule has 6 heteroatoms. The molecule has 0 aliphatic carbocycles. The molecule has 106 valence electrons. The normalized spacial score (nSPS) is 11.0. The fourth-order valence-corrected chi connectivity index (χ4v) is 2.38. The molecule has 0 amide bonds. The first kappa shape index (κ1) is 13.6. The molecule has 0 aliphatic rings. The largest absolute Gasteiger partial charge is 0.392 e. The lowest BCUT2D eigenvalue weighted by molar-refractivity contribution is 0.509. The van der Waals surface area contributed by atoms with Gasteiger partial charge in [-0.3, -0.25) is 0 Å². The van der Waals surface area contributed by atoms with Gasteiger partial charge in [0, 0.05) is 5.56 Å². The van der Waals surface area contributed by atoms with Crippen LogP contribution in [0.25, 0.3) is 22.4 Å². The van der Waals surface area contributed by atoms with Crippen molar-refractivity contribution in [2.45, 2.75) is 6.54 Å². The molecule has 0 atom stereocenters. The average molecular weight is 303 g/mol. The molecule has 3 nitrogen and oxygen atoms in total. The summed E-state index contributed by atoms with van der Waals surface area (Å²) < 4.78 is 28.3. The summed E-state index contributed by atoms with van der Waals surface area (Å²) in [6, 6.07) is 11.1. The van der Waals surface area contributed by atoms with Crippen molar-refractivity contribution in [3.8, 4) is 11.4 Å². The van der Waals surface area contributed by atoms with Crippen LogP contribution in [0.15, 0.2) is 42.5 Å². The third kappa shape index (κ3) is 2.50. The number of hydrogen-bond donors (Lipinski definition) is 1. The first-order valence-corrected chi connectivity index (χ1v) is 6.66. The van der Waals surface area contributed by atoms with E-state index in [0.29, 0.717) is 16.4 Å². The second-order valence-electron chi connectivity index (χ2n) is 4.61. The zero-order chi connectivity index (χ0) is 15.0. The molecule has 3 rings (SSSR count). The van der Waals surface area contributed by atoms with E-state index in [1.54, 1.807) is 4.57 Å². The van der Waals surface area contributed by atoms with Gasteiger partial charge in [0.25, 0.3) is 0 Å². The number of fused-ring (bicyclic) bond motifs is 1. The van der Waals surface area contributed by atoms with Gasteiger partial charge < -0.3 is 10.3 Å². The van der Waals surface area contributed by atoms with Gasteiger partial charge in [-0.05, 0) is 30.3 Å². The van der Waals surface area contributed by atoms with Gasteiger partial charge in [-0.2, -0.15) is 0 Å². The van der Waals surface area contributed by atoms with Crippen LogP contribution in [0, 0.1) is 11.6 Å². The van der Waals surface area contributed by atoms with E-state index < -0.39 is 11.6 Å². The molecule has 3 aromatic rings. The Hall–Kier alpha value is -2.34. The molecule has 0 saturated heterocycles. The molecule has 2 aromatic carbocycles. The highest BCUT2D eigenvalue weighted by atomic mass is 32.1. The minimum atomic E-state index is -0.915. The summed E-state index contributed by atoms with van der Waals surface area (Å²) in [5, 5.41) is 0. The van der Waals surface area contributed by atoms with Gasteiger partial charge in [-0.25, -0.2) is 13.8 Å². The number of imidazole rings is 1. The molecule has 0 aliphatic heterocycles. The highest BCUT2D eigenvalue weighted by Crippen LogP contribution is 2.26. The number of aromatic nitrogens is 2. The van der Waals surface area contributed by atoms with Crippen LogP contribution in [-0.4, -0.2) is 14.5 Å². The summed E-state index contributed by atoms with van der Waals surface area (Å²) in [4.78, 5) is 4.76. The molecule has 0 fully saturated rings. The maximum absolute atomic E-state index is 13.5. The first-order valence-electron chi connectivity index (χ1n) is 6.25. The molecular formula is C15H11F2N3S. The molecule has 1 heterocycles. The SMILES string of the molecule is NC(=S)Cn1c(-c2ccc(F)c(F)c2)nc2ccccc21. The van der Waals surface area contributed by atoms with Crippen LogP contribution in [0.4, 0.5) is 8.78 Å². The van der Waals surface area contributed by atoms with Crippen molar-refractivity contribution < 1.29 is 8.78 Å². The van der Waals surface area contributed by atoms with E-state index in [-0.39, 0.29) is 6.54 Å². The predicted molar refractivity (Wildman–Crippen MR) is 81.9 cm³/mol. The van der Waals surface area contributed by atoms with Crippen molar-refractivity contribution >= 4 is 28.2 Å². The highest BCUT2D eigenvalue weighted by Gasteiger charge is 2.14. The van der Waals surface area contributed by atoms with Gasteiger partial charge in [-0.1, -0.05) is 24.4 Å².